The molecule has 7 nitrogen and oxygen atoms in total. The molecule has 4 aliphatic heterocycles. The van der Waals surface area contributed by atoms with E-state index in [0.29, 0.717) is 43.4 Å². The molecule has 5 rings (SSSR count). The first-order valence-electron chi connectivity index (χ1n) is 12.6. The molecule has 1 spiro atoms. The standard InChI is InChI=1S/C24H41NO6S/c1-6-25(7-2)22(26)27-14-8-9-15-32-20-17(4)19-11-10-16(3)18-12-13-23(5)29-21(28-20)24(18,19)31-30-23/h16-21H,6-15H2,1-5H3/t16-,17-,18+,19+,20+,21-,23-,24-/m1/s1. The number of rotatable bonds is 8. The fourth-order valence-corrected chi connectivity index (χ4v) is 7.47. The maximum atomic E-state index is 11.9. The molecule has 32 heavy (non-hydrogen) atoms. The van der Waals surface area contributed by atoms with E-state index in [4.69, 9.17) is 24.0 Å². The summed E-state index contributed by atoms with van der Waals surface area (Å²) in [6.07, 6.45) is 5.52. The molecule has 184 valence electrons. The van der Waals surface area contributed by atoms with Crippen LogP contribution in [0.5, 0.6) is 0 Å². The summed E-state index contributed by atoms with van der Waals surface area (Å²) in [7, 11) is 0. The smallest absolute Gasteiger partial charge is 0.409 e. The number of unbranched alkanes of at least 4 members (excludes halogenated alkanes) is 1. The third kappa shape index (κ3) is 4.42. The minimum Gasteiger partial charge on any atom is -0.449 e. The van der Waals surface area contributed by atoms with Crippen LogP contribution < -0.4 is 0 Å². The molecule has 8 heteroatoms. The van der Waals surface area contributed by atoms with Gasteiger partial charge in [-0.2, -0.15) is 0 Å². The molecule has 0 aromatic heterocycles. The second kappa shape index (κ2) is 9.98. The lowest BCUT2D eigenvalue weighted by molar-refractivity contribution is -0.568. The maximum absolute atomic E-state index is 11.9. The Kier molecular flexibility index (Phi) is 7.67. The zero-order valence-corrected chi connectivity index (χ0v) is 21.2. The Labute approximate surface area is 197 Å². The van der Waals surface area contributed by atoms with Gasteiger partial charge in [-0.1, -0.05) is 13.8 Å². The second-order valence-corrected chi connectivity index (χ2v) is 11.3. The molecule has 1 saturated carbocycles. The topological polar surface area (TPSA) is 66.5 Å². The minimum absolute atomic E-state index is 0.0782. The Hall–Kier alpha value is -0.540. The van der Waals surface area contributed by atoms with E-state index in [1.165, 1.54) is 6.42 Å². The summed E-state index contributed by atoms with van der Waals surface area (Å²) < 4.78 is 18.4. The van der Waals surface area contributed by atoms with E-state index in [9.17, 15) is 4.79 Å². The van der Waals surface area contributed by atoms with E-state index in [-0.39, 0.29) is 17.8 Å². The first kappa shape index (κ1) is 24.6. The van der Waals surface area contributed by atoms with Crippen LogP contribution in [-0.2, 0) is 24.0 Å². The van der Waals surface area contributed by atoms with Gasteiger partial charge in [-0.05, 0) is 76.4 Å². The molecular weight excluding hydrogens is 430 g/mol. The molecule has 1 amide bonds. The maximum Gasteiger partial charge on any atom is 0.409 e. The van der Waals surface area contributed by atoms with Gasteiger partial charge < -0.3 is 19.1 Å². The van der Waals surface area contributed by atoms with Crippen LogP contribution >= 0.6 is 11.8 Å². The molecular formula is C24H41NO6S. The monoisotopic (exact) mass is 471 g/mol. The number of ether oxygens (including phenoxy) is 3. The largest absolute Gasteiger partial charge is 0.449 e. The van der Waals surface area contributed by atoms with Crippen molar-refractivity contribution in [3.63, 3.8) is 0 Å². The molecule has 5 fully saturated rings. The normalized spacial score (nSPS) is 42.8. The Bertz CT molecular complexity index is 662. The molecule has 0 aromatic carbocycles. The minimum atomic E-state index is -0.720. The van der Waals surface area contributed by atoms with E-state index < -0.39 is 11.4 Å². The van der Waals surface area contributed by atoms with Crippen LogP contribution in [-0.4, -0.2) is 59.6 Å². The predicted molar refractivity (Wildman–Crippen MR) is 123 cm³/mol. The third-order valence-corrected chi connectivity index (χ3v) is 9.56. The van der Waals surface area contributed by atoms with Crippen LogP contribution in [0.15, 0.2) is 0 Å². The number of amides is 1. The van der Waals surface area contributed by atoms with Crippen LogP contribution in [0.4, 0.5) is 4.79 Å². The fourth-order valence-electron chi connectivity index (χ4n) is 6.20. The van der Waals surface area contributed by atoms with E-state index in [1.54, 1.807) is 4.90 Å². The van der Waals surface area contributed by atoms with Gasteiger partial charge in [-0.3, -0.25) is 0 Å². The molecule has 0 N–H and O–H groups in total. The van der Waals surface area contributed by atoms with E-state index in [2.05, 4.69) is 13.8 Å². The van der Waals surface area contributed by atoms with E-state index in [1.807, 2.05) is 32.5 Å². The van der Waals surface area contributed by atoms with Crippen molar-refractivity contribution in [1.29, 1.82) is 0 Å². The van der Waals surface area contributed by atoms with Crippen molar-refractivity contribution < 1.29 is 28.8 Å². The zero-order chi connectivity index (χ0) is 22.9. The summed E-state index contributed by atoms with van der Waals surface area (Å²) in [6, 6.07) is 0. The van der Waals surface area contributed by atoms with Gasteiger partial charge in [0.2, 0.25) is 5.79 Å². The van der Waals surface area contributed by atoms with Crippen molar-refractivity contribution in [2.24, 2.45) is 23.7 Å². The molecule has 4 heterocycles. The van der Waals surface area contributed by atoms with E-state index in [0.717, 1.165) is 37.9 Å². The van der Waals surface area contributed by atoms with Crippen LogP contribution in [0.2, 0.25) is 0 Å². The predicted octanol–water partition coefficient (Wildman–Crippen LogP) is 5.19. The SMILES string of the molecule is CCN(CC)C(=O)OCCCCS[C@@H]1O[C@@H]2O[C@@]3(C)CC[C@H]4[C@H](C)CC[C@@H]([C@H]1C)[C@@]24OO3. The van der Waals surface area contributed by atoms with Gasteiger partial charge in [0.05, 0.1) is 6.61 Å². The van der Waals surface area contributed by atoms with Crippen molar-refractivity contribution >= 4 is 17.9 Å². The Balaban J connectivity index is 1.31. The second-order valence-electron chi connectivity index (χ2n) is 10.1. The number of carbonyl (C=O) groups excluding carboxylic acids is 1. The lowest BCUT2D eigenvalue weighted by Crippen LogP contribution is -2.70. The zero-order valence-electron chi connectivity index (χ0n) is 20.3. The van der Waals surface area contributed by atoms with Crippen molar-refractivity contribution in [2.75, 3.05) is 25.4 Å². The Morgan fingerprint density at radius 2 is 1.88 bits per heavy atom. The summed E-state index contributed by atoms with van der Waals surface area (Å²) in [4.78, 5) is 25.7. The fraction of sp³-hybridized carbons (Fsp3) is 0.958. The van der Waals surface area contributed by atoms with Crippen LogP contribution in [0.25, 0.3) is 0 Å². The molecule has 0 aromatic rings. The summed E-state index contributed by atoms with van der Waals surface area (Å²) in [5.74, 6) is 1.98. The molecule has 2 bridgehead atoms. The number of nitrogens with zero attached hydrogens (tertiary/aromatic N) is 1. The number of hydrogen-bond donors (Lipinski definition) is 0. The lowest BCUT2D eigenvalue weighted by Gasteiger charge is -2.60. The molecule has 0 unspecified atom stereocenters. The Morgan fingerprint density at radius 1 is 1.09 bits per heavy atom. The van der Waals surface area contributed by atoms with Crippen molar-refractivity contribution in [3.8, 4) is 0 Å². The third-order valence-electron chi connectivity index (χ3n) is 8.17. The van der Waals surface area contributed by atoms with Crippen LogP contribution in [0, 0.1) is 23.7 Å². The molecule has 8 atom stereocenters. The van der Waals surface area contributed by atoms with Gasteiger partial charge in [0.15, 0.2) is 11.9 Å². The highest BCUT2D eigenvalue weighted by atomic mass is 32.2. The summed E-state index contributed by atoms with van der Waals surface area (Å²) in [5, 5.41) is 0. The number of fused-ring (bicyclic) bond motifs is 2. The average molecular weight is 472 g/mol. The Morgan fingerprint density at radius 3 is 2.62 bits per heavy atom. The van der Waals surface area contributed by atoms with Crippen LogP contribution in [0.1, 0.15) is 73.1 Å². The lowest BCUT2D eigenvalue weighted by atomic mass is 9.58. The van der Waals surface area contributed by atoms with Gasteiger partial charge in [-0.15, -0.1) is 11.8 Å². The summed E-state index contributed by atoms with van der Waals surface area (Å²) in [5.41, 5.74) is -0.405. The van der Waals surface area contributed by atoms with Gasteiger partial charge in [0.25, 0.3) is 0 Å². The highest BCUT2D eigenvalue weighted by molar-refractivity contribution is 7.99. The first-order chi connectivity index (χ1) is 15.3. The number of thioether (sulfide) groups is 1. The van der Waals surface area contributed by atoms with Gasteiger partial charge in [-0.25, -0.2) is 14.6 Å². The van der Waals surface area contributed by atoms with Gasteiger partial charge in [0, 0.05) is 25.4 Å². The van der Waals surface area contributed by atoms with Crippen molar-refractivity contribution in [1.82, 2.24) is 4.90 Å². The number of carbonyl (C=O) groups is 1. The molecule has 5 aliphatic rings. The van der Waals surface area contributed by atoms with Gasteiger partial charge in [0.1, 0.15) is 5.44 Å². The molecule has 1 aliphatic carbocycles. The van der Waals surface area contributed by atoms with Crippen molar-refractivity contribution in [3.05, 3.63) is 0 Å². The quantitative estimate of drug-likeness (QED) is 0.357. The van der Waals surface area contributed by atoms with Gasteiger partial charge >= 0.3 is 6.09 Å². The highest BCUT2D eigenvalue weighted by Crippen LogP contribution is 2.61. The summed E-state index contributed by atoms with van der Waals surface area (Å²) in [6.45, 7) is 12.4. The van der Waals surface area contributed by atoms with Crippen LogP contribution in [0.3, 0.4) is 0 Å². The molecule has 0 radical (unpaired) electrons. The molecule has 4 saturated heterocycles. The number of hydrogen-bond acceptors (Lipinski definition) is 7. The first-order valence-corrected chi connectivity index (χ1v) is 13.6. The average Bonchev–Trinajstić information content (AvgIpc) is 3.00. The summed E-state index contributed by atoms with van der Waals surface area (Å²) >= 11 is 1.86. The van der Waals surface area contributed by atoms with E-state index >= 15 is 0 Å². The highest BCUT2D eigenvalue weighted by Gasteiger charge is 2.69. The van der Waals surface area contributed by atoms with Crippen molar-refractivity contribution in [2.45, 2.75) is 96.3 Å².